The van der Waals surface area contributed by atoms with Crippen molar-refractivity contribution in [2.75, 3.05) is 0 Å². The Bertz CT molecular complexity index is 1280. The van der Waals surface area contributed by atoms with Crippen LogP contribution in [-0.4, -0.2) is 14.4 Å². The van der Waals surface area contributed by atoms with Gasteiger partial charge in [0.25, 0.3) is 0 Å². The van der Waals surface area contributed by atoms with Gasteiger partial charge in [0.05, 0.1) is 16.7 Å². The van der Waals surface area contributed by atoms with E-state index in [0.29, 0.717) is 12.4 Å². The molecule has 3 aromatic carbocycles. The number of rotatable bonds is 4. The van der Waals surface area contributed by atoms with Crippen LogP contribution in [0.25, 0.3) is 28.1 Å². The topological polar surface area (TPSA) is 39.4 Å². The van der Waals surface area contributed by atoms with Gasteiger partial charge in [-0.25, -0.2) is 9.97 Å². The Morgan fingerprint density at radius 3 is 2.54 bits per heavy atom. The maximum absolute atomic E-state index is 6.16. The quantitative estimate of drug-likeness (QED) is 0.393. The van der Waals surface area contributed by atoms with Crippen LogP contribution < -0.4 is 4.74 Å². The maximum Gasteiger partial charge on any atom is 0.235 e. The lowest BCUT2D eigenvalue weighted by molar-refractivity contribution is 0.307. The molecular formula is C23H16ClN3O. The molecule has 0 aliphatic heterocycles. The van der Waals surface area contributed by atoms with Crippen molar-refractivity contribution in [2.24, 2.45) is 0 Å². The van der Waals surface area contributed by atoms with E-state index in [2.05, 4.69) is 26.5 Å². The molecule has 0 N–H and O–H groups in total. The molecule has 5 rings (SSSR count). The van der Waals surface area contributed by atoms with Gasteiger partial charge in [0.15, 0.2) is 0 Å². The summed E-state index contributed by atoms with van der Waals surface area (Å²) < 4.78 is 8.23. The van der Waals surface area contributed by atoms with Gasteiger partial charge in [-0.05, 0) is 48.0 Å². The summed E-state index contributed by atoms with van der Waals surface area (Å²) in [6, 6.07) is 25.7. The highest BCUT2D eigenvalue weighted by atomic mass is 35.5. The number of benzene rings is 3. The van der Waals surface area contributed by atoms with Crippen LogP contribution in [0.3, 0.4) is 0 Å². The van der Waals surface area contributed by atoms with Crippen molar-refractivity contribution in [3.63, 3.8) is 0 Å². The van der Waals surface area contributed by atoms with Gasteiger partial charge >= 0.3 is 0 Å². The molecule has 5 heteroatoms. The summed E-state index contributed by atoms with van der Waals surface area (Å²) in [6.45, 7) is 0.465. The van der Waals surface area contributed by atoms with Crippen LogP contribution in [-0.2, 0) is 6.61 Å². The monoisotopic (exact) mass is 385 g/mol. The molecule has 2 heterocycles. The summed E-state index contributed by atoms with van der Waals surface area (Å²) in [4.78, 5) is 9.07. The van der Waals surface area contributed by atoms with Crippen LogP contribution in [0.5, 0.6) is 5.75 Å². The Labute approximate surface area is 167 Å². The molecule has 0 atom stereocenters. The van der Waals surface area contributed by atoms with Crippen molar-refractivity contribution >= 4 is 28.4 Å². The summed E-state index contributed by atoms with van der Waals surface area (Å²) in [6.07, 6.45) is 1.78. The van der Waals surface area contributed by atoms with Crippen molar-refractivity contribution in [3.8, 4) is 17.0 Å². The fraction of sp³-hybridized carbons (Fsp3) is 0.0435. The zero-order chi connectivity index (χ0) is 18.9. The predicted molar refractivity (Wildman–Crippen MR) is 112 cm³/mol. The average molecular weight is 386 g/mol. The molecule has 0 unspecified atom stereocenters. The number of nitrogens with zero attached hydrogens (tertiary/aromatic N) is 3. The van der Waals surface area contributed by atoms with E-state index in [1.807, 2.05) is 66.7 Å². The molecule has 0 aliphatic carbocycles. The van der Waals surface area contributed by atoms with Gasteiger partial charge in [0, 0.05) is 16.8 Å². The number of fused-ring (bicyclic) bond motifs is 3. The van der Waals surface area contributed by atoms with Crippen LogP contribution in [0.15, 0.2) is 85.1 Å². The van der Waals surface area contributed by atoms with Crippen molar-refractivity contribution in [3.05, 3.63) is 95.6 Å². The Kier molecular flexibility index (Phi) is 4.18. The molecule has 2 aromatic heterocycles. The van der Waals surface area contributed by atoms with E-state index in [4.69, 9.17) is 16.3 Å². The molecule has 0 radical (unpaired) electrons. The molecule has 0 bridgehead atoms. The first-order valence-corrected chi connectivity index (χ1v) is 9.36. The number of hydrogen-bond donors (Lipinski definition) is 0. The average Bonchev–Trinajstić information content (AvgIpc) is 3.12. The first-order chi connectivity index (χ1) is 13.8. The minimum absolute atomic E-state index is 0.465. The molecule has 136 valence electrons. The molecule has 0 saturated heterocycles. The van der Waals surface area contributed by atoms with E-state index in [9.17, 15) is 0 Å². The van der Waals surface area contributed by atoms with Gasteiger partial charge in [-0.2, -0.15) is 0 Å². The Morgan fingerprint density at radius 1 is 0.857 bits per heavy atom. The SMILES string of the molecule is Clc1ccc(COc2ccccc2-c2ccnc3nc4ccccc4n23)cc1. The van der Waals surface area contributed by atoms with Gasteiger partial charge < -0.3 is 4.74 Å². The van der Waals surface area contributed by atoms with Crippen LogP contribution in [0.4, 0.5) is 0 Å². The van der Waals surface area contributed by atoms with Crippen molar-refractivity contribution in [1.82, 2.24) is 14.4 Å². The number of hydrogen-bond acceptors (Lipinski definition) is 3. The van der Waals surface area contributed by atoms with Gasteiger partial charge in [0.2, 0.25) is 5.78 Å². The van der Waals surface area contributed by atoms with Gasteiger partial charge in [-0.1, -0.05) is 48.0 Å². The third kappa shape index (κ3) is 2.98. The second-order valence-electron chi connectivity index (χ2n) is 6.48. The Balaban J connectivity index is 1.59. The normalized spacial score (nSPS) is 11.2. The van der Waals surface area contributed by atoms with Crippen LogP contribution >= 0.6 is 11.6 Å². The van der Waals surface area contributed by atoms with Crippen LogP contribution in [0.2, 0.25) is 5.02 Å². The Morgan fingerprint density at radius 2 is 1.64 bits per heavy atom. The maximum atomic E-state index is 6.16. The van der Waals surface area contributed by atoms with Crippen molar-refractivity contribution in [1.29, 1.82) is 0 Å². The number of para-hydroxylation sites is 3. The predicted octanol–water partition coefficient (Wildman–Crippen LogP) is 5.78. The first-order valence-electron chi connectivity index (χ1n) is 8.98. The second-order valence-corrected chi connectivity index (χ2v) is 6.91. The zero-order valence-corrected chi connectivity index (χ0v) is 15.7. The van der Waals surface area contributed by atoms with E-state index in [-0.39, 0.29) is 0 Å². The summed E-state index contributed by atoms with van der Waals surface area (Å²) >= 11 is 5.97. The highest BCUT2D eigenvalue weighted by Gasteiger charge is 2.13. The number of aromatic nitrogens is 3. The molecule has 28 heavy (non-hydrogen) atoms. The molecule has 0 amide bonds. The number of halogens is 1. The van der Waals surface area contributed by atoms with E-state index < -0.39 is 0 Å². The van der Waals surface area contributed by atoms with Crippen LogP contribution in [0.1, 0.15) is 5.56 Å². The van der Waals surface area contributed by atoms with E-state index in [0.717, 1.165) is 38.6 Å². The van der Waals surface area contributed by atoms with Crippen molar-refractivity contribution < 1.29 is 4.74 Å². The lowest BCUT2D eigenvalue weighted by atomic mass is 10.1. The molecule has 0 spiro atoms. The van der Waals surface area contributed by atoms with Gasteiger partial charge in [-0.15, -0.1) is 0 Å². The molecular weight excluding hydrogens is 370 g/mol. The Hall–Kier alpha value is -3.37. The molecule has 4 nitrogen and oxygen atoms in total. The second kappa shape index (κ2) is 6.98. The van der Waals surface area contributed by atoms with E-state index in [1.54, 1.807) is 6.20 Å². The fourth-order valence-corrected chi connectivity index (χ4v) is 3.47. The summed E-state index contributed by atoms with van der Waals surface area (Å²) in [5.41, 5.74) is 4.99. The standard InChI is InChI=1S/C23H16ClN3O/c24-17-11-9-16(10-12-17)15-28-22-8-4-1-5-18(22)20-13-14-25-23-26-19-6-2-3-7-21(19)27(20)23/h1-14H,15H2. The molecule has 0 saturated carbocycles. The fourth-order valence-electron chi connectivity index (χ4n) is 3.34. The molecule has 0 fully saturated rings. The van der Waals surface area contributed by atoms with Gasteiger partial charge in [-0.3, -0.25) is 4.40 Å². The number of ether oxygens (including phenoxy) is 1. The van der Waals surface area contributed by atoms with E-state index >= 15 is 0 Å². The summed E-state index contributed by atoms with van der Waals surface area (Å²) in [5, 5.41) is 0.718. The smallest absolute Gasteiger partial charge is 0.235 e. The van der Waals surface area contributed by atoms with Crippen molar-refractivity contribution in [2.45, 2.75) is 6.61 Å². The zero-order valence-electron chi connectivity index (χ0n) is 14.9. The minimum atomic E-state index is 0.465. The minimum Gasteiger partial charge on any atom is -0.488 e. The third-order valence-corrected chi connectivity index (χ3v) is 4.93. The third-order valence-electron chi connectivity index (χ3n) is 4.68. The number of imidazole rings is 1. The summed E-state index contributed by atoms with van der Waals surface area (Å²) in [7, 11) is 0. The summed E-state index contributed by atoms with van der Waals surface area (Å²) in [5.74, 6) is 1.48. The first kappa shape index (κ1) is 16.8. The van der Waals surface area contributed by atoms with Gasteiger partial charge in [0.1, 0.15) is 12.4 Å². The largest absolute Gasteiger partial charge is 0.488 e. The highest BCUT2D eigenvalue weighted by molar-refractivity contribution is 6.30. The highest BCUT2D eigenvalue weighted by Crippen LogP contribution is 2.32. The lowest BCUT2D eigenvalue weighted by Gasteiger charge is -2.13. The van der Waals surface area contributed by atoms with Crippen LogP contribution in [0, 0.1) is 0 Å². The molecule has 5 aromatic rings. The van der Waals surface area contributed by atoms with E-state index in [1.165, 1.54) is 0 Å². The molecule has 0 aliphatic rings. The lowest BCUT2D eigenvalue weighted by Crippen LogP contribution is -1.99.